The molecule has 6 atom stereocenters. The zero-order chi connectivity index (χ0) is 11.7. The molecule has 2 rings (SSSR count). The van der Waals surface area contributed by atoms with Gasteiger partial charge in [0, 0.05) is 13.3 Å². The average Bonchev–Trinajstić information content (AvgIpc) is 2.70. The van der Waals surface area contributed by atoms with Crippen molar-refractivity contribution >= 4 is 16.8 Å². The Morgan fingerprint density at radius 2 is 1.31 bits per heavy atom. The molecule has 2 heterocycles. The summed E-state index contributed by atoms with van der Waals surface area (Å²) in [6.07, 6.45) is -0.864. The van der Waals surface area contributed by atoms with Gasteiger partial charge in [-0.1, -0.05) is 0 Å². The van der Waals surface area contributed by atoms with E-state index in [0.717, 1.165) is 0 Å². The topological polar surface area (TPSA) is 77.4 Å². The van der Waals surface area contributed by atoms with Gasteiger partial charge in [0.25, 0.3) is 0 Å². The van der Waals surface area contributed by atoms with E-state index in [1.165, 1.54) is 0 Å². The van der Waals surface area contributed by atoms with E-state index in [1.54, 1.807) is 13.3 Å². The fraction of sp³-hybridized carbons (Fsp3) is 1.00. The van der Waals surface area contributed by atoms with E-state index < -0.39 is 16.8 Å². The molecule has 0 spiro atoms. The zero-order valence-corrected chi connectivity index (χ0v) is 10.9. The molecule has 0 saturated carbocycles. The van der Waals surface area contributed by atoms with Gasteiger partial charge in [-0.2, -0.15) is 0 Å². The Bertz CT molecular complexity index is 215. The van der Waals surface area contributed by atoms with E-state index in [-0.39, 0.29) is 24.4 Å². The normalized spacial score (nSPS) is 42.0. The van der Waals surface area contributed by atoms with Crippen LogP contribution in [-0.2, 0) is 18.5 Å². The molecule has 0 aromatic carbocycles. The lowest BCUT2D eigenvalue weighted by Gasteiger charge is -2.18. The van der Waals surface area contributed by atoms with Crippen molar-refractivity contribution in [1.29, 1.82) is 0 Å². The van der Waals surface area contributed by atoms with Crippen molar-refractivity contribution in [1.82, 2.24) is 0 Å². The second-order valence-corrected chi connectivity index (χ2v) is 6.09. The molecule has 2 N–H and O–H groups in total. The van der Waals surface area contributed by atoms with Gasteiger partial charge in [-0.3, -0.25) is 0 Å². The van der Waals surface area contributed by atoms with Gasteiger partial charge in [0.1, 0.15) is 24.4 Å². The minimum atomic E-state index is -1.41. The van der Waals surface area contributed by atoms with Crippen LogP contribution in [0, 0.1) is 0 Å². The first-order valence-electron chi connectivity index (χ1n) is 5.00. The third-order valence-corrected chi connectivity index (χ3v) is 3.69. The van der Waals surface area contributed by atoms with Gasteiger partial charge in [-0.15, -0.1) is 0 Å². The van der Waals surface area contributed by atoms with Crippen LogP contribution in [0.15, 0.2) is 0 Å². The number of rotatable bonds is 4. The molecule has 0 radical (unpaired) electrons. The van der Waals surface area contributed by atoms with Crippen LogP contribution in [0.2, 0.25) is 0 Å². The molecular weight excluding hydrogens is 254 g/mol. The molecule has 8 heteroatoms. The van der Waals surface area contributed by atoms with Crippen molar-refractivity contribution in [2.75, 3.05) is 26.5 Å². The van der Waals surface area contributed by atoms with Gasteiger partial charge < -0.3 is 28.3 Å². The predicted molar refractivity (Wildman–Crippen MR) is 59.4 cm³/mol. The second-order valence-electron chi connectivity index (χ2n) is 3.81. The van der Waals surface area contributed by atoms with Gasteiger partial charge in [0.15, 0.2) is 16.8 Å². The van der Waals surface area contributed by atoms with Gasteiger partial charge in [0.2, 0.25) is 0 Å². The molecule has 2 fully saturated rings. The Labute approximate surface area is 96.7 Å². The van der Waals surface area contributed by atoms with Crippen LogP contribution in [0.25, 0.3) is 0 Å². The Morgan fingerprint density at radius 1 is 0.938 bits per heavy atom. The van der Waals surface area contributed by atoms with E-state index in [0.29, 0.717) is 13.2 Å². The lowest BCUT2D eigenvalue weighted by atomic mass is 10.1. The van der Waals surface area contributed by atoms with Crippen molar-refractivity contribution in [2.45, 2.75) is 24.4 Å². The van der Waals surface area contributed by atoms with Crippen LogP contribution < -0.4 is 0 Å². The van der Waals surface area contributed by atoms with E-state index in [9.17, 15) is 9.79 Å². The number of hydrogen-bond acceptors (Lipinski definition) is 6. The summed E-state index contributed by atoms with van der Waals surface area (Å²) in [6.45, 7) is 4.03. The molecule has 0 aromatic heterocycles. The highest BCUT2D eigenvalue weighted by atomic mass is 31.2. The fourth-order valence-electron chi connectivity index (χ4n) is 2.00. The molecule has 0 aromatic rings. The van der Waals surface area contributed by atoms with Crippen molar-refractivity contribution < 1.29 is 28.3 Å². The molecular formula is C8H16O6P2. The Balaban J connectivity index is 1.90. The minimum absolute atomic E-state index is 0.197. The van der Waals surface area contributed by atoms with Crippen LogP contribution in [0.5, 0.6) is 0 Å². The zero-order valence-electron chi connectivity index (χ0n) is 9.15. The smallest absolute Gasteiger partial charge is 0.164 e. The molecule has 2 saturated heterocycles. The van der Waals surface area contributed by atoms with E-state index >= 15 is 0 Å². The van der Waals surface area contributed by atoms with Crippen molar-refractivity contribution in [3.63, 3.8) is 0 Å². The maximum absolute atomic E-state index is 9.21. The summed E-state index contributed by atoms with van der Waals surface area (Å²) in [5.74, 6) is 0. The first-order valence-corrected chi connectivity index (χ1v) is 8.32. The lowest BCUT2D eigenvalue weighted by Crippen LogP contribution is -2.32. The Hall–Kier alpha value is 0.620. The highest BCUT2D eigenvalue weighted by Crippen LogP contribution is 2.40. The summed E-state index contributed by atoms with van der Waals surface area (Å²) in [5, 5.41) is 0. The van der Waals surface area contributed by atoms with Gasteiger partial charge >= 0.3 is 0 Å². The van der Waals surface area contributed by atoms with Crippen LogP contribution >= 0.6 is 16.8 Å². The lowest BCUT2D eigenvalue weighted by molar-refractivity contribution is 0.0198. The van der Waals surface area contributed by atoms with E-state index in [2.05, 4.69) is 0 Å². The maximum Gasteiger partial charge on any atom is 0.164 e. The standard InChI is InChI=1S/C8H16O6P2/c1-15(9)13-5-3-11-8-6(14-16(2)10)4-12-7(5)8/h5-10H,3-4H2,1-2H3. The van der Waals surface area contributed by atoms with Gasteiger partial charge in [0.05, 0.1) is 13.2 Å². The molecule has 6 nitrogen and oxygen atoms in total. The molecule has 0 amide bonds. The number of fused-ring (bicyclic) bond motifs is 1. The van der Waals surface area contributed by atoms with Gasteiger partial charge in [-0.25, -0.2) is 0 Å². The largest absolute Gasteiger partial charge is 0.370 e. The Morgan fingerprint density at radius 3 is 1.62 bits per heavy atom. The summed E-state index contributed by atoms with van der Waals surface area (Å²) in [5.41, 5.74) is 0. The minimum Gasteiger partial charge on any atom is -0.370 e. The molecule has 2 aliphatic heterocycles. The van der Waals surface area contributed by atoms with Crippen molar-refractivity contribution in [2.24, 2.45) is 0 Å². The highest BCUT2D eigenvalue weighted by Gasteiger charge is 2.49. The maximum atomic E-state index is 9.21. The third kappa shape index (κ3) is 2.89. The fourth-order valence-corrected chi connectivity index (χ4v) is 3.15. The summed E-state index contributed by atoms with van der Waals surface area (Å²) in [7, 11) is -2.82. The summed E-state index contributed by atoms with van der Waals surface area (Å²) in [4.78, 5) is 18.4. The number of ether oxygens (including phenoxy) is 2. The van der Waals surface area contributed by atoms with Crippen molar-refractivity contribution in [3.05, 3.63) is 0 Å². The summed E-state index contributed by atoms with van der Waals surface area (Å²) < 4.78 is 21.7. The first kappa shape index (κ1) is 13.1. The van der Waals surface area contributed by atoms with Crippen LogP contribution in [-0.4, -0.2) is 60.7 Å². The van der Waals surface area contributed by atoms with E-state index in [4.69, 9.17) is 18.5 Å². The molecule has 0 bridgehead atoms. The third-order valence-electron chi connectivity index (χ3n) is 2.54. The molecule has 6 unspecified atom stereocenters. The SMILES string of the molecule is CP(O)OC1COC2C(OP(C)O)COC12. The van der Waals surface area contributed by atoms with Crippen LogP contribution in [0.3, 0.4) is 0 Å². The van der Waals surface area contributed by atoms with Crippen LogP contribution in [0.4, 0.5) is 0 Å². The highest BCUT2D eigenvalue weighted by molar-refractivity contribution is 7.45. The van der Waals surface area contributed by atoms with E-state index in [1.807, 2.05) is 0 Å². The summed E-state index contributed by atoms with van der Waals surface area (Å²) in [6, 6.07) is 0. The summed E-state index contributed by atoms with van der Waals surface area (Å²) >= 11 is 0. The quantitative estimate of drug-likeness (QED) is 0.721. The second kappa shape index (κ2) is 5.51. The molecule has 2 aliphatic rings. The molecule has 0 aliphatic carbocycles. The molecule has 16 heavy (non-hydrogen) atoms. The first-order chi connectivity index (χ1) is 7.58. The number of hydrogen-bond donors (Lipinski definition) is 2. The van der Waals surface area contributed by atoms with Crippen LogP contribution in [0.1, 0.15) is 0 Å². The average molecular weight is 270 g/mol. The van der Waals surface area contributed by atoms with Gasteiger partial charge in [-0.05, 0) is 0 Å². The monoisotopic (exact) mass is 270 g/mol. The molecule has 94 valence electrons. The predicted octanol–water partition coefficient (Wildman–Crippen LogP) is 0.422. The Kier molecular flexibility index (Phi) is 4.50. The van der Waals surface area contributed by atoms with Crippen molar-refractivity contribution in [3.8, 4) is 0 Å².